The highest BCUT2D eigenvalue weighted by Gasteiger charge is 2.32. The maximum Gasteiger partial charge on any atom is 0.407 e. The van der Waals surface area contributed by atoms with Gasteiger partial charge < -0.3 is 14.8 Å². The molecule has 0 aliphatic carbocycles. The standard InChI is InChI=1S/C29H31Cl2N3O6S/c1-6-39-27(35)24-26(41(5,37)38)25(20-12-14-21(30)15-13-20)34(33-24)23-16-11-19(18-22(23)31)10-8-7-9-17-32-28(36)40-29(2,3)4/h11-16,18H,6-7,9,17H2,1-5H3,(H,32,36). The molecule has 0 fully saturated rings. The van der Waals surface area contributed by atoms with E-state index in [0.717, 1.165) is 6.26 Å². The van der Waals surface area contributed by atoms with Crippen LogP contribution in [0.4, 0.5) is 4.79 Å². The number of carbonyl (C=O) groups is 2. The monoisotopic (exact) mass is 619 g/mol. The van der Waals surface area contributed by atoms with Crippen molar-refractivity contribution in [1.82, 2.24) is 15.1 Å². The molecule has 2 aromatic carbocycles. The lowest BCUT2D eigenvalue weighted by molar-refractivity contribution is 0.0509. The van der Waals surface area contributed by atoms with E-state index in [9.17, 15) is 18.0 Å². The van der Waals surface area contributed by atoms with Gasteiger partial charge in [0.1, 0.15) is 10.5 Å². The summed E-state index contributed by atoms with van der Waals surface area (Å²) in [5.41, 5.74) is 0.646. The second-order valence-corrected chi connectivity index (χ2v) is 12.7. The van der Waals surface area contributed by atoms with Crippen LogP contribution in [0.5, 0.6) is 0 Å². The fourth-order valence-corrected chi connectivity index (χ4v) is 5.14. The topological polar surface area (TPSA) is 117 Å². The van der Waals surface area contributed by atoms with Crippen molar-refractivity contribution >= 4 is 45.1 Å². The first kappa shape index (κ1) is 32.0. The Morgan fingerprint density at radius 2 is 1.78 bits per heavy atom. The molecule has 9 nitrogen and oxygen atoms in total. The number of nitrogens with one attached hydrogen (secondary N) is 1. The number of carbonyl (C=O) groups excluding carboxylic acids is 2. The summed E-state index contributed by atoms with van der Waals surface area (Å²) in [6, 6.07) is 11.5. The molecular formula is C29H31Cl2N3O6S. The van der Waals surface area contributed by atoms with E-state index in [1.165, 1.54) is 4.68 Å². The van der Waals surface area contributed by atoms with Crippen molar-refractivity contribution in [2.75, 3.05) is 19.4 Å². The van der Waals surface area contributed by atoms with Crippen LogP contribution in [-0.4, -0.2) is 55.3 Å². The molecule has 0 aliphatic rings. The highest BCUT2D eigenvalue weighted by atomic mass is 35.5. The molecule has 3 rings (SSSR count). The Bertz CT molecular complexity index is 1600. The number of hydrogen-bond donors (Lipinski definition) is 1. The van der Waals surface area contributed by atoms with Gasteiger partial charge in [-0.15, -0.1) is 0 Å². The molecule has 3 aromatic rings. The minimum absolute atomic E-state index is 0.0381. The highest BCUT2D eigenvalue weighted by molar-refractivity contribution is 7.91. The fourth-order valence-electron chi connectivity index (χ4n) is 3.73. The van der Waals surface area contributed by atoms with E-state index in [4.69, 9.17) is 32.7 Å². The van der Waals surface area contributed by atoms with E-state index in [1.54, 1.807) is 70.2 Å². The second-order valence-electron chi connectivity index (χ2n) is 9.94. The average molecular weight is 621 g/mol. The molecule has 0 spiro atoms. The van der Waals surface area contributed by atoms with Gasteiger partial charge in [-0.25, -0.2) is 22.7 Å². The molecule has 218 valence electrons. The van der Waals surface area contributed by atoms with Crippen molar-refractivity contribution < 1.29 is 27.5 Å². The van der Waals surface area contributed by atoms with Crippen LogP contribution in [0.3, 0.4) is 0 Å². The third-order valence-electron chi connectivity index (χ3n) is 5.35. The van der Waals surface area contributed by atoms with Gasteiger partial charge in [-0.2, -0.15) is 5.10 Å². The lowest BCUT2D eigenvalue weighted by atomic mass is 10.1. The number of unbranched alkanes of at least 4 members (excludes halogenated alkanes) is 1. The van der Waals surface area contributed by atoms with Crippen LogP contribution in [0, 0.1) is 11.8 Å². The van der Waals surface area contributed by atoms with E-state index in [2.05, 4.69) is 22.3 Å². The molecule has 0 radical (unpaired) electrons. The first-order valence-corrected chi connectivity index (χ1v) is 15.4. The lowest BCUT2D eigenvalue weighted by Crippen LogP contribution is -2.32. The Labute approximate surface area is 250 Å². The van der Waals surface area contributed by atoms with Crippen molar-refractivity contribution in [2.24, 2.45) is 0 Å². The number of esters is 1. The van der Waals surface area contributed by atoms with Gasteiger partial charge in [-0.3, -0.25) is 0 Å². The number of benzene rings is 2. The SMILES string of the molecule is CCOC(=O)c1nn(-c2ccc(C#CCCCNC(=O)OC(C)(C)C)cc2Cl)c(-c2ccc(Cl)cc2)c1S(C)(=O)=O. The summed E-state index contributed by atoms with van der Waals surface area (Å²) < 4.78 is 37.5. The van der Waals surface area contributed by atoms with Crippen molar-refractivity contribution in [3.63, 3.8) is 0 Å². The number of alkyl carbamates (subject to hydrolysis) is 1. The summed E-state index contributed by atoms with van der Waals surface area (Å²) in [6.07, 6.45) is 1.67. The molecular weight excluding hydrogens is 589 g/mol. The second kappa shape index (κ2) is 13.4. The molecule has 0 aliphatic heterocycles. The molecule has 41 heavy (non-hydrogen) atoms. The Kier molecular flexibility index (Phi) is 10.5. The number of amides is 1. The Morgan fingerprint density at radius 3 is 2.37 bits per heavy atom. The number of nitrogens with zero attached hydrogens (tertiary/aromatic N) is 2. The third-order valence-corrected chi connectivity index (χ3v) is 7.04. The zero-order chi connectivity index (χ0) is 30.4. The fraction of sp³-hybridized carbons (Fsp3) is 0.345. The van der Waals surface area contributed by atoms with Crippen LogP contribution in [0.15, 0.2) is 47.4 Å². The number of ether oxygens (including phenoxy) is 2. The van der Waals surface area contributed by atoms with Crippen LogP contribution in [0.25, 0.3) is 16.9 Å². The zero-order valence-electron chi connectivity index (χ0n) is 23.4. The van der Waals surface area contributed by atoms with E-state index >= 15 is 0 Å². The van der Waals surface area contributed by atoms with Crippen molar-refractivity contribution in [3.05, 3.63) is 63.8 Å². The van der Waals surface area contributed by atoms with Crippen LogP contribution in [0.2, 0.25) is 10.0 Å². The van der Waals surface area contributed by atoms with Gasteiger partial charge in [0.15, 0.2) is 15.5 Å². The first-order valence-electron chi connectivity index (χ1n) is 12.7. The predicted octanol–water partition coefficient (Wildman–Crippen LogP) is 6.08. The van der Waals surface area contributed by atoms with Crippen LogP contribution in [0.1, 0.15) is 56.6 Å². The highest BCUT2D eigenvalue weighted by Crippen LogP contribution is 2.35. The Hall–Kier alpha value is -3.52. The molecule has 12 heteroatoms. The first-order chi connectivity index (χ1) is 19.2. The molecule has 1 heterocycles. The molecule has 1 N–H and O–H groups in total. The van der Waals surface area contributed by atoms with Gasteiger partial charge in [0.2, 0.25) is 0 Å². The zero-order valence-corrected chi connectivity index (χ0v) is 25.7. The maximum absolute atomic E-state index is 12.9. The molecule has 0 atom stereocenters. The molecule has 0 bridgehead atoms. The molecule has 1 aromatic heterocycles. The number of rotatable bonds is 8. The smallest absolute Gasteiger partial charge is 0.407 e. The Morgan fingerprint density at radius 1 is 1.10 bits per heavy atom. The van der Waals surface area contributed by atoms with Crippen LogP contribution < -0.4 is 5.32 Å². The van der Waals surface area contributed by atoms with Crippen molar-refractivity contribution in [2.45, 2.75) is 51.0 Å². The van der Waals surface area contributed by atoms with Gasteiger partial charge in [0, 0.05) is 35.4 Å². The normalized spacial score (nSPS) is 11.4. The van der Waals surface area contributed by atoms with E-state index in [0.29, 0.717) is 41.2 Å². The number of aromatic nitrogens is 2. The van der Waals surface area contributed by atoms with E-state index in [-0.39, 0.29) is 27.9 Å². The van der Waals surface area contributed by atoms with Gasteiger partial charge >= 0.3 is 12.1 Å². The maximum atomic E-state index is 12.9. The lowest BCUT2D eigenvalue weighted by Gasteiger charge is -2.19. The molecule has 0 saturated carbocycles. The summed E-state index contributed by atoms with van der Waals surface area (Å²) in [4.78, 5) is 24.2. The number of hydrogen-bond acceptors (Lipinski definition) is 7. The minimum atomic E-state index is -3.94. The van der Waals surface area contributed by atoms with Gasteiger partial charge in [-0.1, -0.05) is 47.2 Å². The van der Waals surface area contributed by atoms with Crippen molar-refractivity contribution in [3.8, 4) is 28.8 Å². The Balaban J connectivity index is 1.93. The summed E-state index contributed by atoms with van der Waals surface area (Å²) in [6.45, 7) is 7.46. The quantitative estimate of drug-likeness (QED) is 0.184. The molecule has 1 amide bonds. The van der Waals surface area contributed by atoms with Crippen molar-refractivity contribution in [1.29, 1.82) is 0 Å². The summed E-state index contributed by atoms with van der Waals surface area (Å²) in [5, 5.41) is 7.72. The summed E-state index contributed by atoms with van der Waals surface area (Å²) in [7, 11) is -3.94. The van der Waals surface area contributed by atoms with Crippen LogP contribution in [-0.2, 0) is 19.3 Å². The van der Waals surface area contributed by atoms with Crippen LogP contribution >= 0.6 is 23.2 Å². The van der Waals surface area contributed by atoms with Gasteiger partial charge in [0.25, 0.3) is 0 Å². The molecule has 0 saturated heterocycles. The van der Waals surface area contributed by atoms with E-state index < -0.39 is 27.5 Å². The van der Waals surface area contributed by atoms with Gasteiger partial charge in [0.05, 0.1) is 23.0 Å². The van der Waals surface area contributed by atoms with E-state index in [1.807, 2.05) is 0 Å². The third kappa shape index (κ3) is 8.73. The summed E-state index contributed by atoms with van der Waals surface area (Å²) in [5.74, 6) is 5.19. The number of halogens is 2. The predicted molar refractivity (Wildman–Crippen MR) is 158 cm³/mol. The minimum Gasteiger partial charge on any atom is -0.461 e. The largest absolute Gasteiger partial charge is 0.461 e. The average Bonchev–Trinajstić information content (AvgIpc) is 3.27. The number of sulfone groups is 1. The molecule has 0 unspecified atom stereocenters. The summed E-state index contributed by atoms with van der Waals surface area (Å²) >= 11 is 12.7. The van der Waals surface area contributed by atoms with Gasteiger partial charge in [-0.05, 0) is 64.4 Å².